The molecule has 3 heteroatoms. The van der Waals surface area contributed by atoms with Gasteiger partial charge in [0, 0.05) is 55.3 Å². The monoisotopic (exact) mass is 894 g/mol. The fourth-order valence-electron chi connectivity index (χ4n) is 10.5. The first-order chi connectivity index (χ1) is 34.6. The molecule has 0 fully saturated rings. The van der Waals surface area contributed by atoms with Gasteiger partial charge in [-0.05, 0) is 123 Å². The van der Waals surface area contributed by atoms with Crippen LogP contribution in [0.2, 0.25) is 0 Å². The topological polar surface area (TPSA) is 32.2 Å². The average Bonchev–Trinajstić information content (AvgIpc) is 4.01. The van der Waals surface area contributed by atoms with Crippen LogP contribution in [0.3, 0.4) is 0 Å². The molecule has 70 heavy (non-hydrogen) atoms. The Morgan fingerprint density at radius 2 is 0.814 bits per heavy atom. The van der Waals surface area contributed by atoms with Crippen LogP contribution >= 0.6 is 0 Å². The molecule has 2 aromatic heterocycles. The van der Waals surface area contributed by atoms with Crippen molar-refractivity contribution in [2.24, 2.45) is 0 Å². The summed E-state index contributed by atoms with van der Waals surface area (Å²) in [5, 5.41) is 4.70. The Labute approximate surface area is 407 Å². The van der Waals surface area contributed by atoms with E-state index in [4.69, 9.17) is 4.42 Å². The number of aryl methyl sites for hydroxylation is 1. The smallest absolute Gasteiger partial charge is 0.143 e. The standard InChI is InChI=1S/C67H46N2O/c1-44-14-8-9-19-55(44)57-40-32-50(42-63(57)61-23-13-22-60-58-41-33-51(43-64(58)68-66(60)61)46-17-6-3-7-18-46)48-28-36-53(37-29-48)69(52-34-26-47(27-35-52)45-15-4-2-5-16-45)54-38-30-49(31-39-54)56-21-12-24-62-59-20-10-11-25-65(59)70-67(56)62/h2-43,68H,1H3. The second kappa shape index (κ2) is 17.2. The van der Waals surface area contributed by atoms with Crippen LogP contribution in [0.4, 0.5) is 17.1 Å². The summed E-state index contributed by atoms with van der Waals surface area (Å²) in [6.07, 6.45) is 0. The number of para-hydroxylation sites is 3. The van der Waals surface area contributed by atoms with E-state index in [-0.39, 0.29) is 0 Å². The Bertz CT molecular complexity index is 4030. The first kappa shape index (κ1) is 41.0. The normalized spacial score (nSPS) is 11.5. The van der Waals surface area contributed by atoms with Gasteiger partial charge in [-0.3, -0.25) is 0 Å². The van der Waals surface area contributed by atoms with Crippen LogP contribution in [0.5, 0.6) is 0 Å². The molecule has 0 aliphatic heterocycles. The minimum absolute atomic E-state index is 0.901. The molecule has 13 rings (SSSR count). The van der Waals surface area contributed by atoms with E-state index in [1.165, 1.54) is 60.8 Å². The third kappa shape index (κ3) is 7.24. The summed E-state index contributed by atoms with van der Waals surface area (Å²) in [6.45, 7) is 2.20. The zero-order valence-corrected chi connectivity index (χ0v) is 38.6. The number of rotatable bonds is 9. The maximum absolute atomic E-state index is 6.45. The zero-order valence-electron chi connectivity index (χ0n) is 38.6. The van der Waals surface area contributed by atoms with E-state index in [9.17, 15) is 0 Å². The Morgan fingerprint density at radius 3 is 1.51 bits per heavy atom. The molecule has 0 unspecified atom stereocenters. The first-order valence-electron chi connectivity index (χ1n) is 24.0. The van der Waals surface area contributed by atoms with Crippen LogP contribution in [0.25, 0.3) is 111 Å². The number of aromatic amines is 1. The second-order valence-electron chi connectivity index (χ2n) is 18.2. The molecule has 0 saturated heterocycles. The van der Waals surface area contributed by atoms with E-state index in [1.54, 1.807) is 0 Å². The summed E-state index contributed by atoms with van der Waals surface area (Å²) in [5.41, 5.74) is 22.6. The minimum Gasteiger partial charge on any atom is -0.455 e. The van der Waals surface area contributed by atoms with Crippen LogP contribution in [-0.2, 0) is 0 Å². The number of nitrogens with one attached hydrogen (secondary N) is 1. The van der Waals surface area contributed by atoms with Gasteiger partial charge in [0.2, 0.25) is 0 Å². The van der Waals surface area contributed by atoms with Gasteiger partial charge in [-0.1, -0.05) is 200 Å². The number of hydrogen-bond donors (Lipinski definition) is 1. The first-order valence-corrected chi connectivity index (χ1v) is 24.0. The molecular weight excluding hydrogens is 849 g/mol. The van der Waals surface area contributed by atoms with Crippen molar-refractivity contribution >= 4 is 60.8 Å². The predicted molar refractivity (Wildman–Crippen MR) is 295 cm³/mol. The van der Waals surface area contributed by atoms with E-state index >= 15 is 0 Å². The maximum atomic E-state index is 6.45. The minimum atomic E-state index is 0.901. The van der Waals surface area contributed by atoms with Gasteiger partial charge < -0.3 is 14.3 Å². The van der Waals surface area contributed by atoms with Crippen molar-refractivity contribution in [3.8, 4) is 66.8 Å². The molecule has 0 bridgehead atoms. The van der Waals surface area contributed by atoms with Crippen molar-refractivity contribution in [2.75, 3.05) is 4.90 Å². The number of hydrogen-bond acceptors (Lipinski definition) is 2. The number of H-pyrrole nitrogens is 1. The van der Waals surface area contributed by atoms with Crippen LogP contribution < -0.4 is 4.90 Å². The molecule has 0 saturated carbocycles. The SMILES string of the molecule is Cc1ccccc1-c1ccc(-c2ccc(N(c3ccc(-c4ccccc4)cc3)c3ccc(-c4cccc5c4oc4ccccc45)cc3)cc2)cc1-c1cccc2c1[nH]c1cc(-c3ccccc3)ccc12. The van der Waals surface area contributed by atoms with Gasteiger partial charge in [0.05, 0.1) is 5.52 Å². The summed E-state index contributed by atoms with van der Waals surface area (Å²) in [6, 6.07) is 91.8. The third-order valence-electron chi connectivity index (χ3n) is 14.0. The highest BCUT2D eigenvalue weighted by molar-refractivity contribution is 6.14. The summed E-state index contributed by atoms with van der Waals surface area (Å²) < 4.78 is 6.45. The fraction of sp³-hybridized carbons (Fsp3) is 0.0149. The second-order valence-corrected chi connectivity index (χ2v) is 18.2. The van der Waals surface area contributed by atoms with Crippen LogP contribution in [-0.4, -0.2) is 4.98 Å². The number of furan rings is 1. The molecule has 13 aromatic rings. The predicted octanol–water partition coefficient (Wildman–Crippen LogP) is 19.0. The van der Waals surface area contributed by atoms with E-state index in [0.717, 1.165) is 72.3 Å². The van der Waals surface area contributed by atoms with Gasteiger partial charge in [-0.15, -0.1) is 0 Å². The third-order valence-corrected chi connectivity index (χ3v) is 14.0. The quantitative estimate of drug-likeness (QED) is 0.157. The van der Waals surface area contributed by atoms with Gasteiger partial charge in [-0.25, -0.2) is 0 Å². The molecule has 0 spiro atoms. The summed E-state index contributed by atoms with van der Waals surface area (Å²) in [5.74, 6) is 0. The van der Waals surface area contributed by atoms with Crippen LogP contribution in [0, 0.1) is 6.92 Å². The Kier molecular flexibility index (Phi) is 10.1. The molecule has 11 aromatic carbocycles. The highest BCUT2D eigenvalue weighted by atomic mass is 16.3. The number of anilines is 3. The van der Waals surface area contributed by atoms with Crippen LogP contribution in [0.1, 0.15) is 5.56 Å². The van der Waals surface area contributed by atoms with E-state index < -0.39 is 0 Å². The molecule has 0 aliphatic carbocycles. The molecule has 1 N–H and O–H groups in total. The highest BCUT2D eigenvalue weighted by Crippen LogP contribution is 2.44. The number of nitrogens with zero attached hydrogens (tertiary/aromatic N) is 1. The lowest BCUT2D eigenvalue weighted by Gasteiger charge is -2.26. The van der Waals surface area contributed by atoms with Crippen molar-refractivity contribution < 1.29 is 4.42 Å². The van der Waals surface area contributed by atoms with E-state index in [1.807, 2.05) is 12.1 Å². The molecule has 3 nitrogen and oxygen atoms in total. The van der Waals surface area contributed by atoms with Gasteiger partial charge in [0.1, 0.15) is 11.2 Å². The maximum Gasteiger partial charge on any atom is 0.143 e. The van der Waals surface area contributed by atoms with Gasteiger partial charge in [0.15, 0.2) is 0 Å². The lowest BCUT2D eigenvalue weighted by Crippen LogP contribution is -2.09. The molecule has 2 heterocycles. The molecule has 330 valence electrons. The highest BCUT2D eigenvalue weighted by Gasteiger charge is 2.19. The van der Waals surface area contributed by atoms with Crippen molar-refractivity contribution in [1.82, 2.24) is 4.98 Å². The molecule has 0 amide bonds. The summed E-state index contributed by atoms with van der Waals surface area (Å²) >= 11 is 0. The number of fused-ring (bicyclic) bond motifs is 6. The molecule has 0 aliphatic rings. The Balaban J connectivity index is 0.902. The van der Waals surface area contributed by atoms with Crippen molar-refractivity contribution in [3.05, 3.63) is 260 Å². The van der Waals surface area contributed by atoms with Crippen molar-refractivity contribution in [1.29, 1.82) is 0 Å². The fourth-order valence-corrected chi connectivity index (χ4v) is 10.5. The molecular formula is C67H46N2O. The Hall–Kier alpha value is -9.18. The molecule has 0 atom stereocenters. The van der Waals surface area contributed by atoms with Gasteiger partial charge in [0.25, 0.3) is 0 Å². The number of aromatic nitrogens is 1. The lowest BCUT2D eigenvalue weighted by atomic mass is 9.88. The van der Waals surface area contributed by atoms with Crippen molar-refractivity contribution in [2.45, 2.75) is 6.92 Å². The van der Waals surface area contributed by atoms with Gasteiger partial charge in [-0.2, -0.15) is 0 Å². The van der Waals surface area contributed by atoms with Crippen LogP contribution in [0.15, 0.2) is 259 Å². The summed E-state index contributed by atoms with van der Waals surface area (Å²) in [7, 11) is 0. The largest absolute Gasteiger partial charge is 0.455 e. The summed E-state index contributed by atoms with van der Waals surface area (Å²) in [4.78, 5) is 6.23. The van der Waals surface area contributed by atoms with Crippen molar-refractivity contribution in [3.63, 3.8) is 0 Å². The average molecular weight is 895 g/mol. The molecule has 0 radical (unpaired) electrons. The Morgan fingerprint density at radius 1 is 0.314 bits per heavy atom. The number of benzene rings is 11. The van der Waals surface area contributed by atoms with E-state index in [2.05, 4.69) is 259 Å². The zero-order chi connectivity index (χ0) is 46.5. The lowest BCUT2D eigenvalue weighted by molar-refractivity contribution is 0.670. The van der Waals surface area contributed by atoms with Gasteiger partial charge >= 0.3 is 0 Å². The van der Waals surface area contributed by atoms with E-state index in [0.29, 0.717) is 0 Å².